The lowest BCUT2D eigenvalue weighted by molar-refractivity contribution is 0.111. The number of aldehydes is 1. The summed E-state index contributed by atoms with van der Waals surface area (Å²) in [6.45, 7) is 4.54. The van der Waals surface area contributed by atoms with E-state index in [9.17, 15) is 18.0 Å². The molecule has 39 heavy (non-hydrogen) atoms. The summed E-state index contributed by atoms with van der Waals surface area (Å²) < 4.78 is 34.6. The standard InChI is InChI=1S/C28H30N4O5S2/c1-18(2)14-22-15-23(27(38-22)31-39(35,36)28(34)29-3)20-12-10-19(11-13-20)16-32-24(17-33)26(37-4)30-25(32)21-8-6-5-7-9-21/h5-13,15,17-18,31H,14,16H2,1-4H3,(H,29,34). The smallest absolute Gasteiger partial charge is 0.356 e. The van der Waals surface area contributed by atoms with Crippen LogP contribution in [0, 0.1) is 5.92 Å². The van der Waals surface area contributed by atoms with E-state index in [1.54, 1.807) is 0 Å². The molecule has 0 aliphatic rings. The molecule has 0 unspecified atom stereocenters. The van der Waals surface area contributed by atoms with Gasteiger partial charge in [-0.2, -0.15) is 13.4 Å². The number of carbonyl (C=O) groups is 2. The monoisotopic (exact) mass is 566 g/mol. The molecule has 0 saturated heterocycles. The molecule has 0 radical (unpaired) electrons. The molecule has 0 spiro atoms. The number of methoxy groups -OCH3 is 1. The number of hydrogen-bond donors (Lipinski definition) is 2. The van der Waals surface area contributed by atoms with E-state index in [2.05, 4.69) is 28.9 Å². The van der Waals surface area contributed by atoms with Crippen molar-refractivity contribution in [2.75, 3.05) is 18.9 Å². The molecule has 0 fully saturated rings. The molecule has 11 heteroatoms. The topological polar surface area (TPSA) is 119 Å². The van der Waals surface area contributed by atoms with Gasteiger partial charge < -0.3 is 14.6 Å². The number of anilines is 1. The summed E-state index contributed by atoms with van der Waals surface area (Å²) in [4.78, 5) is 29.4. The predicted molar refractivity (Wildman–Crippen MR) is 154 cm³/mol. The highest BCUT2D eigenvalue weighted by Crippen LogP contribution is 2.38. The first-order chi connectivity index (χ1) is 18.7. The summed E-state index contributed by atoms with van der Waals surface area (Å²) in [5.74, 6) is 1.24. The van der Waals surface area contributed by atoms with Gasteiger partial charge in [-0.1, -0.05) is 68.4 Å². The van der Waals surface area contributed by atoms with E-state index in [4.69, 9.17) is 4.74 Å². The van der Waals surface area contributed by atoms with Crippen molar-refractivity contribution in [3.8, 4) is 28.4 Å². The molecule has 2 heterocycles. The third-order valence-electron chi connectivity index (χ3n) is 5.98. The van der Waals surface area contributed by atoms with Crippen molar-refractivity contribution >= 4 is 37.9 Å². The van der Waals surface area contributed by atoms with Gasteiger partial charge in [0.2, 0.25) is 5.88 Å². The maximum absolute atomic E-state index is 12.5. The van der Waals surface area contributed by atoms with E-state index >= 15 is 0 Å². The summed E-state index contributed by atoms with van der Waals surface area (Å²) in [5, 5.41) is 1.45. The fourth-order valence-corrected chi connectivity index (χ4v) is 6.54. The van der Waals surface area contributed by atoms with Crippen molar-refractivity contribution in [1.29, 1.82) is 0 Å². The molecule has 204 valence electrons. The molecule has 0 aliphatic carbocycles. The van der Waals surface area contributed by atoms with Crippen molar-refractivity contribution in [3.05, 3.63) is 76.8 Å². The first kappa shape index (κ1) is 28.1. The minimum Gasteiger partial charge on any atom is -0.479 e. The SMILES string of the molecule is CNC(=O)S(=O)(=O)Nc1sc(CC(C)C)cc1-c1ccc(Cn2c(-c3ccccc3)nc(OC)c2C=O)cc1. The number of nitrogens with zero attached hydrogens (tertiary/aromatic N) is 2. The highest BCUT2D eigenvalue weighted by molar-refractivity contribution is 8.07. The minimum atomic E-state index is -4.24. The van der Waals surface area contributed by atoms with E-state index in [1.807, 2.05) is 65.2 Å². The van der Waals surface area contributed by atoms with Gasteiger partial charge in [-0.3, -0.25) is 14.3 Å². The van der Waals surface area contributed by atoms with Crippen LogP contribution in [0.25, 0.3) is 22.5 Å². The number of rotatable bonds is 10. The van der Waals surface area contributed by atoms with Crippen LogP contribution < -0.4 is 14.8 Å². The fraction of sp³-hybridized carbons (Fsp3) is 0.250. The van der Waals surface area contributed by atoms with E-state index in [0.29, 0.717) is 34.5 Å². The van der Waals surface area contributed by atoms with Crippen LogP contribution in [0.2, 0.25) is 0 Å². The summed E-state index contributed by atoms with van der Waals surface area (Å²) in [7, 11) is -1.49. The molecule has 4 aromatic rings. The van der Waals surface area contributed by atoms with Crippen LogP contribution in [0.4, 0.5) is 9.80 Å². The highest BCUT2D eigenvalue weighted by Gasteiger charge is 2.24. The Kier molecular flexibility index (Phi) is 8.51. The van der Waals surface area contributed by atoms with Gasteiger partial charge in [-0.25, -0.2) is 0 Å². The van der Waals surface area contributed by atoms with Crippen LogP contribution >= 0.6 is 11.3 Å². The van der Waals surface area contributed by atoms with Crippen LogP contribution in [0.5, 0.6) is 5.88 Å². The zero-order valence-corrected chi connectivity index (χ0v) is 23.7. The molecular formula is C28H30N4O5S2. The third kappa shape index (κ3) is 6.21. The van der Waals surface area contributed by atoms with Crippen molar-refractivity contribution in [2.45, 2.75) is 26.8 Å². The Balaban J connectivity index is 1.69. The van der Waals surface area contributed by atoms with Crippen LogP contribution in [0.1, 0.15) is 34.8 Å². The molecule has 0 atom stereocenters. The maximum atomic E-state index is 12.5. The number of aromatic nitrogens is 2. The van der Waals surface area contributed by atoms with Crippen LogP contribution in [-0.2, 0) is 23.0 Å². The molecule has 1 amide bonds. The molecule has 0 bridgehead atoms. The molecule has 0 saturated carbocycles. The lowest BCUT2D eigenvalue weighted by atomic mass is 10.0. The lowest BCUT2D eigenvalue weighted by Crippen LogP contribution is -2.31. The van der Waals surface area contributed by atoms with Crippen molar-refractivity contribution < 1.29 is 22.7 Å². The van der Waals surface area contributed by atoms with Gasteiger partial charge in [0.1, 0.15) is 16.5 Å². The Hall–Kier alpha value is -3.96. The summed E-state index contributed by atoms with van der Waals surface area (Å²) in [6, 6.07) is 19.1. The van der Waals surface area contributed by atoms with Gasteiger partial charge >= 0.3 is 15.3 Å². The van der Waals surface area contributed by atoms with E-state index < -0.39 is 15.3 Å². The number of hydrogen-bond acceptors (Lipinski definition) is 7. The van der Waals surface area contributed by atoms with Gasteiger partial charge in [0, 0.05) is 29.6 Å². The van der Waals surface area contributed by atoms with Gasteiger partial charge in [0.25, 0.3) is 0 Å². The number of nitrogens with one attached hydrogen (secondary N) is 2. The van der Waals surface area contributed by atoms with Gasteiger partial charge in [0.15, 0.2) is 6.29 Å². The average Bonchev–Trinajstić information content (AvgIpc) is 3.48. The van der Waals surface area contributed by atoms with E-state index in [0.717, 1.165) is 34.3 Å². The number of benzene rings is 2. The van der Waals surface area contributed by atoms with E-state index in [-0.39, 0.29) is 5.88 Å². The normalized spacial score (nSPS) is 11.4. The number of thiophene rings is 1. The molecular weight excluding hydrogens is 536 g/mol. The van der Waals surface area contributed by atoms with Crippen molar-refractivity contribution in [3.63, 3.8) is 0 Å². The van der Waals surface area contributed by atoms with E-state index in [1.165, 1.54) is 25.5 Å². The number of amides is 1. The Morgan fingerprint density at radius 2 is 1.79 bits per heavy atom. The Bertz CT molecular complexity index is 1570. The second-order valence-corrected chi connectivity index (χ2v) is 12.0. The Labute approximate surface area is 231 Å². The molecule has 2 N–H and O–H groups in total. The number of ether oxygens (including phenoxy) is 1. The van der Waals surface area contributed by atoms with Crippen LogP contribution in [0.3, 0.4) is 0 Å². The highest BCUT2D eigenvalue weighted by atomic mass is 32.2. The quantitative estimate of drug-likeness (QED) is 0.247. The second kappa shape index (κ2) is 11.8. The summed E-state index contributed by atoms with van der Waals surface area (Å²) in [6.07, 6.45) is 1.51. The molecule has 4 rings (SSSR count). The zero-order chi connectivity index (χ0) is 28.2. The number of carbonyl (C=O) groups excluding carboxylic acids is 2. The first-order valence-electron chi connectivity index (χ1n) is 12.3. The fourth-order valence-electron chi connectivity index (χ4n) is 4.19. The lowest BCUT2D eigenvalue weighted by Gasteiger charge is -2.11. The second-order valence-electron chi connectivity index (χ2n) is 9.29. The third-order valence-corrected chi connectivity index (χ3v) is 8.35. The van der Waals surface area contributed by atoms with Crippen molar-refractivity contribution in [1.82, 2.24) is 14.9 Å². The van der Waals surface area contributed by atoms with Gasteiger partial charge in [-0.15, -0.1) is 11.3 Å². The average molecular weight is 567 g/mol. The Morgan fingerprint density at radius 1 is 1.10 bits per heavy atom. The zero-order valence-electron chi connectivity index (χ0n) is 22.1. The number of imidazole rings is 1. The first-order valence-corrected chi connectivity index (χ1v) is 14.6. The van der Waals surface area contributed by atoms with Crippen molar-refractivity contribution in [2.24, 2.45) is 5.92 Å². The molecule has 2 aromatic carbocycles. The van der Waals surface area contributed by atoms with Gasteiger partial charge in [-0.05, 0) is 29.5 Å². The predicted octanol–water partition coefficient (Wildman–Crippen LogP) is 5.43. The van der Waals surface area contributed by atoms with Crippen LogP contribution in [0.15, 0.2) is 60.7 Å². The molecule has 9 nitrogen and oxygen atoms in total. The summed E-state index contributed by atoms with van der Waals surface area (Å²) in [5.41, 5.74) is 3.58. The largest absolute Gasteiger partial charge is 0.479 e. The number of sulfonamides is 1. The molecule has 2 aromatic heterocycles. The van der Waals surface area contributed by atoms with Gasteiger partial charge in [0.05, 0.1) is 7.11 Å². The summed E-state index contributed by atoms with van der Waals surface area (Å²) >= 11 is 1.32. The minimum absolute atomic E-state index is 0.254. The Morgan fingerprint density at radius 3 is 2.38 bits per heavy atom. The molecule has 0 aliphatic heterocycles. The van der Waals surface area contributed by atoms with Crippen LogP contribution in [-0.4, -0.2) is 43.7 Å². The maximum Gasteiger partial charge on any atom is 0.356 e.